The summed E-state index contributed by atoms with van der Waals surface area (Å²) in [5.41, 5.74) is 6.92. The van der Waals surface area contributed by atoms with Crippen molar-refractivity contribution in [2.45, 2.75) is 40.0 Å². The quantitative estimate of drug-likeness (QED) is 0.525. The summed E-state index contributed by atoms with van der Waals surface area (Å²) in [6.45, 7) is 7.94. The molecule has 0 heterocycles. The zero-order valence-corrected chi connectivity index (χ0v) is 18.2. The van der Waals surface area contributed by atoms with Gasteiger partial charge >= 0.3 is 0 Å². The van der Waals surface area contributed by atoms with Crippen molar-refractivity contribution in [2.75, 3.05) is 13.7 Å². The van der Waals surface area contributed by atoms with Gasteiger partial charge in [-0.1, -0.05) is 48.5 Å². The van der Waals surface area contributed by atoms with E-state index in [1.54, 1.807) is 7.11 Å². The molecule has 0 fully saturated rings. The molecule has 0 radical (unpaired) electrons. The average Bonchev–Trinajstić information content (AvgIpc) is 2.75. The minimum absolute atomic E-state index is 0.170. The first kappa shape index (κ1) is 21.9. The van der Waals surface area contributed by atoms with Crippen molar-refractivity contribution in [3.8, 4) is 11.5 Å². The Hall–Kier alpha value is -2.82. The summed E-state index contributed by atoms with van der Waals surface area (Å²) in [5.74, 6) is 1.29. The lowest BCUT2D eigenvalue weighted by atomic mass is 10.0. The summed E-state index contributed by atoms with van der Waals surface area (Å²) >= 11 is 0. The van der Waals surface area contributed by atoms with Crippen molar-refractivity contribution in [2.24, 2.45) is 0 Å². The lowest BCUT2D eigenvalue weighted by Gasteiger charge is -2.16. The molecule has 30 heavy (non-hydrogen) atoms. The number of methoxy groups -OCH3 is 1. The van der Waals surface area contributed by atoms with Gasteiger partial charge in [0.2, 0.25) is 0 Å². The van der Waals surface area contributed by atoms with Gasteiger partial charge in [-0.05, 0) is 66.3 Å². The maximum atomic E-state index is 10.5. The molecule has 0 aliphatic heterocycles. The van der Waals surface area contributed by atoms with Crippen molar-refractivity contribution in [1.29, 1.82) is 0 Å². The van der Waals surface area contributed by atoms with Crippen LogP contribution in [0.2, 0.25) is 0 Å². The van der Waals surface area contributed by atoms with E-state index in [-0.39, 0.29) is 6.61 Å². The van der Waals surface area contributed by atoms with Crippen LogP contribution in [-0.4, -0.2) is 18.8 Å². The van der Waals surface area contributed by atoms with Crippen LogP contribution in [0.5, 0.6) is 11.5 Å². The molecule has 0 amide bonds. The number of ether oxygens (including phenoxy) is 2. The summed E-state index contributed by atoms with van der Waals surface area (Å²) in [5, 5.41) is 14.0. The third-order valence-electron chi connectivity index (χ3n) is 5.45. The summed E-state index contributed by atoms with van der Waals surface area (Å²) in [7, 11) is 1.63. The van der Waals surface area contributed by atoms with Crippen LogP contribution in [0.15, 0.2) is 60.7 Å². The highest BCUT2D eigenvalue weighted by Gasteiger charge is 2.12. The predicted octanol–water partition coefficient (Wildman–Crippen LogP) is 5.02. The smallest absolute Gasteiger partial charge is 0.161 e. The lowest BCUT2D eigenvalue weighted by Crippen LogP contribution is -2.14. The molecule has 1 unspecified atom stereocenters. The molecule has 2 N–H and O–H groups in total. The summed E-state index contributed by atoms with van der Waals surface area (Å²) in [6.07, 6.45) is -0.690. The molecular formula is C26H31NO3. The fourth-order valence-electron chi connectivity index (χ4n) is 3.33. The van der Waals surface area contributed by atoms with Crippen molar-refractivity contribution >= 4 is 0 Å². The topological polar surface area (TPSA) is 50.7 Å². The molecule has 158 valence electrons. The molecule has 0 spiro atoms. The molecule has 3 aromatic carbocycles. The van der Waals surface area contributed by atoms with E-state index in [4.69, 9.17) is 9.47 Å². The first-order valence-electron chi connectivity index (χ1n) is 10.3. The van der Waals surface area contributed by atoms with Crippen molar-refractivity contribution < 1.29 is 14.6 Å². The van der Waals surface area contributed by atoms with E-state index in [9.17, 15) is 5.11 Å². The van der Waals surface area contributed by atoms with E-state index in [0.717, 1.165) is 29.8 Å². The first-order chi connectivity index (χ1) is 14.5. The van der Waals surface area contributed by atoms with Gasteiger partial charge in [0.25, 0.3) is 0 Å². The van der Waals surface area contributed by atoms with Crippen LogP contribution in [0.4, 0.5) is 0 Å². The maximum absolute atomic E-state index is 10.5. The number of benzene rings is 3. The Labute approximate surface area is 179 Å². The van der Waals surface area contributed by atoms with Gasteiger partial charge in [-0.25, -0.2) is 0 Å². The zero-order valence-electron chi connectivity index (χ0n) is 18.2. The van der Waals surface area contributed by atoms with E-state index in [1.807, 2.05) is 43.3 Å². The number of hydrogen-bond donors (Lipinski definition) is 2. The highest BCUT2D eigenvalue weighted by atomic mass is 16.5. The van der Waals surface area contributed by atoms with Crippen LogP contribution in [0, 0.1) is 20.8 Å². The van der Waals surface area contributed by atoms with Crippen LogP contribution >= 0.6 is 0 Å². The Morgan fingerprint density at radius 1 is 0.833 bits per heavy atom. The van der Waals surface area contributed by atoms with Crippen LogP contribution < -0.4 is 14.8 Å². The summed E-state index contributed by atoms with van der Waals surface area (Å²) < 4.78 is 11.4. The standard InChI is InChI=1S/C26H31NO3/c1-18-9-11-22(13-20(18)3)24(28)17-30-25-12-10-21(14-26(25)29-4)15-27-16-23-8-6-5-7-19(23)2/h5-14,24,27-28H,15-17H2,1-4H3. The lowest BCUT2D eigenvalue weighted by molar-refractivity contribution is 0.106. The van der Waals surface area contributed by atoms with Crippen molar-refractivity contribution in [3.63, 3.8) is 0 Å². The van der Waals surface area contributed by atoms with E-state index in [2.05, 4.69) is 43.4 Å². The third kappa shape index (κ3) is 5.62. The highest BCUT2D eigenvalue weighted by Crippen LogP contribution is 2.29. The average molecular weight is 406 g/mol. The van der Waals surface area contributed by atoms with Gasteiger partial charge in [0.15, 0.2) is 11.5 Å². The normalized spacial score (nSPS) is 11.9. The van der Waals surface area contributed by atoms with Gasteiger partial charge in [-0.3, -0.25) is 0 Å². The van der Waals surface area contributed by atoms with Gasteiger partial charge < -0.3 is 19.9 Å². The van der Waals surface area contributed by atoms with Crippen LogP contribution in [0.1, 0.15) is 39.5 Å². The molecule has 0 aliphatic carbocycles. The second-order valence-corrected chi connectivity index (χ2v) is 7.69. The highest BCUT2D eigenvalue weighted by molar-refractivity contribution is 5.43. The molecular weight excluding hydrogens is 374 g/mol. The Morgan fingerprint density at radius 2 is 1.63 bits per heavy atom. The van der Waals surface area contributed by atoms with E-state index < -0.39 is 6.10 Å². The summed E-state index contributed by atoms with van der Waals surface area (Å²) in [6, 6.07) is 20.2. The molecule has 3 rings (SSSR count). The molecule has 3 aromatic rings. The molecule has 0 aliphatic rings. The molecule has 0 saturated carbocycles. The van der Waals surface area contributed by atoms with E-state index >= 15 is 0 Å². The van der Waals surface area contributed by atoms with Crippen molar-refractivity contribution in [3.05, 3.63) is 94.0 Å². The number of nitrogens with one attached hydrogen (secondary N) is 1. The Balaban J connectivity index is 1.58. The monoisotopic (exact) mass is 405 g/mol. The number of hydrogen-bond acceptors (Lipinski definition) is 4. The van der Waals surface area contributed by atoms with Crippen LogP contribution in [0.3, 0.4) is 0 Å². The molecule has 4 nitrogen and oxygen atoms in total. The number of aliphatic hydroxyl groups is 1. The molecule has 1 atom stereocenters. The first-order valence-corrected chi connectivity index (χ1v) is 10.3. The number of rotatable bonds is 9. The Bertz CT molecular complexity index is 984. The van der Waals surface area contributed by atoms with Gasteiger partial charge in [-0.2, -0.15) is 0 Å². The fourth-order valence-corrected chi connectivity index (χ4v) is 3.33. The molecule has 4 heteroatoms. The minimum Gasteiger partial charge on any atom is -0.493 e. The second-order valence-electron chi connectivity index (χ2n) is 7.69. The Morgan fingerprint density at radius 3 is 2.37 bits per heavy atom. The summed E-state index contributed by atoms with van der Waals surface area (Å²) in [4.78, 5) is 0. The van der Waals surface area contributed by atoms with E-state index in [1.165, 1.54) is 16.7 Å². The minimum atomic E-state index is -0.690. The number of aryl methyl sites for hydroxylation is 3. The molecule has 0 saturated heterocycles. The van der Waals surface area contributed by atoms with Gasteiger partial charge in [0.05, 0.1) is 7.11 Å². The van der Waals surface area contributed by atoms with Crippen LogP contribution in [0.25, 0.3) is 0 Å². The van der Waals surface area contributed by atoms with E-state index in [0.29, 0.717) is 11.5 Å². The SMILES string of the molecule is COc1cc(CNCc2ccccc2C)ccc1OCC(O)c1ccc(C)c(C)c1. The largest absolute Gasteiger partial charge is 0.493 e. The predicted molar refractivity (Wildman–Crippen MR) is 121 cm³/mol. The fraction of sp³-hybridized carbons (Fsp3) is 0.308. The van der Waals surface area contributed by atoms with Gasteiger partial charge in [0, 0.05) is 13.1 Å². The van der Waals surface area contributed by atoms with Gasteiger partial charge in [-0.15, -0.1) is 0 Å². The zero-order chi connectivity index (χ0) is 21.5. The second kappa shape index (κ2) is 10.3. The van der Waals surface area contributed by atoms with Crippen LogP contribution in [-0.2, 0) is 13.1 Å². The molecule has 0 bridgehead atoms. The third-order valence-corrected chi connectivity index (χ3v) is 5.45. The maximum Gasteiger partial charge on any atom is 0.161 e. The molecule has 0 aromatic heterocycles. The van der Waals surface area contributed by atoms with Gasteiger partial charge in [0.1, 0.15) is 12.7 Å². The van der Waals surface area contributed by atoms with Crippen molar-refractivity contribution in [1.82, 2.24) is 5.32 Å². The number of aliphatic hydroxyl groups excluding tert-OH is 1. The Kier molecular flexibility index (Phi) is 7.50.